The van der Waals surface area contributed by atoms with Crippen molar-refractivity contribution in [3.05, 3.63) is 35.0 Å². The number of nitrogens with zero attached hydrogens (tertiary/aromatic N) is 3. The van der Waals surface area contributed by atoms with Crippen LogP contribution in [0, 0.1) is 0 Å². The van der Waals surface area contributed by atoms with Crippen molar-refractivity contribution in [2.75, 3.05) is 49.3 Å². The molecule has 1 aliphatic carbocycles. The largest absolute Gasteiger partial charge is 0.453 e. The van der Waals surface area contributed by atoms with E-state index in [1.807, 2.05) is 12.1 Å². The minimum Gasteiger partial charge on any atom is -0.453 e. The molecule has 1 aromatic heterocycles. The zero-order valence-electron chi connectivity index (χ0n) is 20.2. The lowest BCUT2D eigenvalue weighted by molar-refractivity contribution is 0.131. The third kappa shape index (κ3) is 5.70. The SMILES string of the molecule is COC(=O)N1CCC2(C1)CN(C(=O)Nc1ncc(SCCCNS(=O)(=O)C3CC3)s1)c1ccc(Cl)cc12. The van der Waals surface area contributed by atoms with Gasteiger partial charge in [0.15, 0.2) is 5.13 Å². The van der Waals surface area contributed by atoms with Crippen LogP contribution in [0.2, 0.25) is 5.02 Å². The highest BCUT2D eigenvalue weighted by Gasteiger charge is 2.50. The summed E-state index contributed by atoms with van der Waals surface area (Å²) in [6, 6.07) is 5.19. The molecule has 3 amide bonds. The third-order valence-electron chi connectivity index (χ3n) is 6.84. The van der Waals surface area contributed by atoms with Crippen LogP contribution in [-0.2, 0) is 20.2 Å². The number of urea groups is 1. The number of hydrogen-bond donors (Lipinski definition) is 2. The van der Waals surface area contributed by atoms with Crippen LogP contribution in [0.4, 0.5) is 20.4 Å². The Kier molecular flexibility index (Phi) is 7.60. The fourth-order valence-electron chi connectivity index (χ4n) is 4.83. The molecule has 2 N–H and O–H groups in total. The van der Waals surface area contributed by atoms with E-state index in [2.05, 4.69) is 15.0 Å². The lowest BCUT2D eigenvalue weighted by Gasteiger charge is -2.25. The van der Waals surface area contributed by atoms with Gasteiger partial charge in [-0.2, -0.15) is 0 Å². The maximum absolute atomic E-state index is 13.3. The molecule has 0 radical (unpaired) electrons. The number of thioether (sulfide) groups is 1. The fourth-order valence-corrected chi connectivity index (χ4v) is 8.30. The molecule has 1 unspecified atom stereocenters. The number of nitrogens with one attached hydrogen (secondary N) is 2. The Hall–Kier alpha value is -2.06. The van der Waals surface area contributed by atoms with E-state index < -0.39 is 15.4 Å². The molecule has 0 bridgehead atoms. The second-order valence-electron chi connectivity index (χ2n) is 9.42. The average molecular weight is 586 g/mol. The van der Waals surface area contributed by atoms with Crippen LogP contribution in [0.1, 0.15) is 31.2 Å². The Morgan fingerprint density at radius 1 is 1.32 bits per heavy atom. The van der Waals surface area contributed by atoms with Crippen LogP contribution in [0.3, 0.4) is 0 Å². The molecule has 1 spiro atoms. The molecule has 1 saturated carbocycles. The van der Waals surface area contributed by atoms with Gasteiger partial charge in [-0.25, -0.2) is 27.7 Å². The molecule has 2 aliphatic heterocycles. The van der Waals surface area contributed by atoms with Gasteiger partial charge in [0, 0.05) is 48.1 Å². The normalized spacial score (nSPS) is 20.9. The molecule has 2 aromatic rings. The van der Waals surface area contributed by atoms with E-state index in [0.29, 0.717) is 49.2 Å². The van der Waals surface area contributed by atoms with E-state index in [0.717, 1.165) is 34.1 Å². The molecule has 14 heteroatoms. The average Bonchev–Trinajstić information content (AvgIpc) is 3.41. The van der Waals surface area contributed by atoms with E-state index in [4.69, 9.17) is 16.3 Å². The monoisotopic (exact) mass is 585 g/mol. The van der Waals surface area contributed by atoms with Crippen molar-refractivity contribution in [2.24, 2.45) is 0 Å². The number of rotatable bonds is 8. The van der Waals surface area contributed by atoms with Gasteiger partial charge in [-0.1, -0.05) is 22.9 Å². The summed E-state index contributed by atoms with van der Waals surface area (Å²) in [5, 5.41) is 3.77. The predicted octanol–water partition coefficient (Wildman–Crippen LogP) is 4.12. The van der Waals surface area contributed by atoms with E-state index in [1.165, 1.54) is 18.4 Å². The van der Waals surface area contributed by atoms with Crippen molar-refractivity contribution in [2.45, 2.75) is 40.6 Å². The molecule has 37 heavy (non-hydrogen) atoms. The number of amides is 3. The van der Waals surface area contributed by atoms with Crippen molar-refractivity contribution in [3.63, 3.8) is 0 Å². The highest BCUT2D eigenvalue weighted by atomic mass is 35.5. The number of methoxy groups -OCH3 is 1. The van der Waals surface area contributed by atoms with Gasteiger partial charge in [-0.3, -0.25) is 10.2 Å². The number of anilines is 2. The van der Waals surface area contributed by atoms with Crippen molar-refractivity contribution in [3.8, 4) is 0 Å². The lowest BCUT2D eigenvalue weighted by Crippen LogP contribution is -2.41. The minimum absolute atomic E-state index is 0.206. The highest BCUT2D eigenvalue weighted by Crippen LogP contribution is 2.47. The van der Waals surface area contributed by atoms with Gasteiger partial charge in [-0.15, -0.1) is 11.8 Å². The maximum atomic E-state index is 13.3. The molecular weight excluding hydrogens is 558 g/mol. The van der Waals surface area contributed by atoms with Crippen LogP contribution < -0.4 is 14.9 Å². The van der Waals surface area contributed by atoms with Gasteiger partial charge in [0.1, 0.15) is 0 Å². The van der Waals surface area contributed by atoms with Gasteiger partial charge in [0.2, 0.25) is 10.0 Å². The highest BCUT2D eigenvalue weighted by molar-refractivity contribution is 8.01. The van der Waals surface area contributed by atoms with Crippen LogP contribution in [-0.4, -0.2) is 74.7 Å². The summed E-state index contributed by atoms with van der Waals surface area (Å²) in [5.41, 5.74) is 1.32. The summed E-state index contributed by atoms with van der Waals surface area (Å²) in [7, 11) is -1.78. The molecular formula is C23H28ClN5O5S3. The van der Waals surface area contributed by atoms with Crippen molar-refractivity contribution >= 4 is 67.7 Å². The summed E-state index contributed by atoms with van der Waals surface area (Å²) in [6.07, 6.45) is 4.24. The number of carbonyl (C=O) groups excluding carboxylic acids is 2. The molecule has 10 nitrogen and oxygen atoms in total. The topological polar surface area (TPSA) is 121 Å². The van der Waals surface area contributed by atoms with E-state index >= 15 is 0 Å². The minimum atomic E-state index is -3.14. The molecule has 200 valence electrons. The summed E-state index contributed by atoms with van der Waals surface area (Å²) >= 11 is 9.26. The number of benzene rings is 1. The number of aromatic nitrogens is 1. The molecule has 3 aliphatic rings. The molecule has 1 saturated heterocycles. The van der Waals surface area contributed by atoms with Crippen LogP contribution in [0.25, 0.3) is 0 Å². The first-order valence-corrected chi connectivity index (χ1v) is 15.7. The molecule has 5 rings (SSSR count). The Morgan fingerprint density at radius 2 is 2.14 bits per heavy atom. The van der Waals surface area contributed by atoms with Crippen molar-refractivity contribution < 1.29 is 22.7 Å². The van der Waals surface area contributed by atoms with Crippen LogP contribution in [0.15, 0.2) is 28.6 Å². The zero-order chi connectivity index (χ0) is 26.2. The van der Waals surface area contributed by atoms with Gasteiger partial charge >= 0.3 is 12.1 Å². The van der Waals surface area contributed by atoms with E-state index in [-0.39, 0.29) is 17.4 Å². The standard InChI is InChI=1S/C23H28ClN5O5S3/c1-34-22(31)28-9-7-23(13-28)14-29(18-6-3-15(24)11-17(18)23)21(30)27-20-25-12-19(36-20)35-10-2-8-26-37(32,33)16-4-5-16/h3,6,11-12,16,26H,2,4-5,7-10,13-14H2,1H3,(H,25,27,30). The molecule has 1 aromatic carbocycles. The second-order valence-corrected chi connectivity index (χ2v) is 14.3. The maximum Gasteiger partial charge on any atom is 0.409 e. The first kappa shape index (κ1) is 26.5. The molecule has 1 atom stereocenters. The first-order valence-electron chi connectivity index (χ1n) is 12.0. The van der Waals surface area contributed by atoms with Crippen molar-refractivity contribution in [1.82, 2.24) is 14.6 Å². The fraction of sp³-hybridized carbons (Fsp3) is 0.522. The van der Waals surface area contributed by atoms with Gasteiger partial charge in [0.25, 0.3) is 0 Å². The number of carbonyl (C=O) groups is 2. The Morgan fingerprint density at radius 3 is 2.89 bits per heavy atom. The number of fused-ring (bicyclic) bond motifs is 2. The number of ether oxygens (including phenoxy) is 1. The predicted molar refractivity (Wildman–Crippen MR) is 145 cm³/mol. The second kappa shape index (κ2) is 10.6. The smallest absolute Gasteiger partial charge is 0.409 e. The third-order valence-corrected chi connectivity index (χ3v) is 11.2. The van der Waals surface area contributed by atoms with Crippen LogP contribution >= 0.6 is 34.7 Å². The van der Waals surface area contributed by atoms with Gasteiger partial charge in [0.05, 0.1) is 22.8 Å². The number of likely N-dealkylation sites (tertiary alicyclic amines) is 1. The Labute approximate surface area is 229 Å². The Balaban J connectivity index is 1.18. The van der Waals surface area contributed by atoms with Gasteiger partial charge in [-0.05, 0) is 49.4 Å². The van der Waals surface area contributed by atoms with Crippen molar-refractivity contribution in [1.29, 1.82) is 0 Å². The van der Waals surface area contributed by atoms with E-state index in [1.54, 1.807) is 33.8 Å². The number of thiazole rings is 1. The summed E-state index contributed by atoms with van der Waals surface area (Å²) in [4.78, 5) is 33.1. The quantitative estimate of drug-likeness (QED) is 0.353. The summed E-state index contributed by atoms with van der Waals surface area (Å²) in [5.74, 6) is 0.738. The molecule has 2 fully saturated rings. The zero-order valence-corrected chi connectivity index (χ0v) is 23.4. The number of halogens is 1. The number of hydrogen-bond acceptors (Lipinski definition) is 8. The lowest BCUT2D eigenvalue weighted by atomic mass is 9.81. The summed E-state index contributed by atoms with van der Waals surface area (Å²) in [6.45, 7) is 1.84. The summed E-state index contributed by atoms with van der Waals surface area (Å²) < 4.78 is 32.3. The first-order chi connectivity index (χ1) is 17.7. The number of sulfonamides is 1. The molecule has 3 heterocycles. The Bertz CT molecular complexity index is 1300. The van der Waals surface area contributed by atoms with E-state index in [9.17, 15) is 18.0 Å². The van der Waals surface area contributed by atoms with Gasteiger partial charge < -0.3 is 9.64 Å². The van der Waals surface area contributed by atoms with Crippen LogP contribution in [0.5, 0.6) is 0 Å².